The minimum absolute atomic E-state index is 0.218. The minimum Gasteiger partial charge on any atom is -0.373 e. The number of carbonyl (C=O) groups is 1. The summed E-state index contributed by atoms with van der Waals surface area (Å²) in [5.74, 6) is -0.218. The van der Waals surface area contributed by atoms with Crippen molar-refractivity contribution in [3.05, 3.63) is 92.7 Å². The number of anilines is 1. The molecule has 0 aliphatic rings. The van der Waals surface area contributed by atoms with Crippen molar-refractivity contribution in [3.8, 4) is 6.07 Å². The summed E-state index contributed by atoms with van der Waals surface area (Å²) in [5, 5.41) is 9.57. The second kappa shape index (κ2) is 9.23. The van der Waals surface area contributed by atoms with Crippen molar-refractivity contribution in [2.75, 3.05) is 19.0 Å². The number of nitrogens with one attached hydrogen (secondary N) is 1. The van der Waals surface area contributed by atoms with Crippen LogP contribution in [0.25, 0.3) is 11.6 Å². The fourth-order valence-corrected chi connectivity index (χ4v) is 3.65. The van der Waals surface area contributed by atoms with Gasteiger partial charge in [-0.1, -0.05) is 31.2 Å². The Morgan fingerprint density at radius 1 is 1.23 bits per heavy atom. The van der Waals surface area contributed by atoms with Crippen LogP contribution in [0.3, 0.4) is 0 Å². The molecule has 0 aliphatic carbocycles. The second-order valence-corrected chi connectivity index (χ2v) is 7.40. The number of allylic oxidation sites excluding steroid dienone is 1. The van der Waals surface area contributed by atoms with Gasteiger partial charge in [0.25, 0.3) is 5.56 Å². The van der Waals surface area contributed by atoms with Crippen LogP contribution in [0.2, 0.25) is 0 Å². The lowest BCUT2D eigenvalue weighted by molar-refractivity contribution is 0.103. The lowest BCUT2D eigenvalue weighted by Crippen LogP contribution is -2.27. The van der Waals surface area contributed by atoms with Crippen molar-refractivity contribution in [2.24, 2.45) is 0 Å². The molecule has 0 fully saturated rings. The highest BCUT2D eigenvalue weighted by atomic mass is 16.1. The van der Waals surface area contributed by atoms with Crippen molar-refractivity contribution >= 4 is 23.1 Å². The highest BCUT2D eigenvalue weighted by Crippen LogP contribution is 2.25. The monoisotopic (exact) mass is 412 g/mol. The number of aromatic amines is 1. The zero-order valence-electron chi connectivity index (χ0n) is 18.1. The number of aryl methyl sites for hydroxylation is 1. The first-order chi connectivity index (χ1) is 14.9. The molecule has 1 aromatic carbocycles. The summed E-state index contributed by atoms with van der Waals surface area (Å²) in [7, 11) is 3.50. The Labute approximate surface area is 181 Å². The van der Waals surface area contributed by atoms with Gasteiger partial charge in [0.05, 0.1) is 17.2 Å². The highest BCUT2D eigenvalue weighted by molar-refractivity contribution is 6.13. The maximum absolute atomic E-state index is 13.6. The molecule has 6 nitrogen and oxygen atoms in total. The number of nitrogens with zero attached hydrogens (tertiary/aromatic N) is 3. The third-order valence-electron chi connectivity index (χ3n) is 5.09. The normalized spacial score (nSPS) is 11.1. The van der Waals surface area contributed by atoms with Gasteiger partial charge in [-0.25, -0.2) is 0 Å². The number of rotatable bonds is 6. The maximum atomic E-state index is 13.6. The standard InChI is InChI=1S/C25H24N4O2/c1-5-21-16(2)28-25(31)23(29(3)4)22(21)24(30)18-9-6-8-17(12-18)13-20(14-26)19-10-7-11-27-15-19/h6-13,15H,5H2,1-4H3,(H,28,31)/b20-13-. The summed E-state index contributed by atoms with van der Waals surface area (Å²) in [6.45, 7) is 3.77. The zero-order valence-corrected chi connectivity index (χ0v) is 18.1. The Kier molecular flexibility index (Phi) is 6.46. The van der Waals surface area contributed by atoms with Crippen LogP contribution in [0.15, 0.2) is 53.6 Å². The van der Waals surface area contributed by atoms with E-state index in [1.165, 1.54) is 0 Å². The van der Waals surface area contributed by atoms with E-state index in [2.05, 4.69) is 16.0 Å². The molecule has 31 heavy (non-hydrogen) atoms. The molecule has 0 aliphatic heterocycles. The third kappa shape index (κ3) is 4.46. The molecule has 6 heteroatoms. The van der Waals surface area contributed by atoms with E-state index in [4.69, 9.17) is 0 Å². The van der Waals surface area contributed by atoms with E-state index < -0.39 is 0 Å². The Morgan fingerprint density at radius 3 is 2.58 bits per heavy atom. The average Bonchev–Trinajstić information content (AvgIpc) is 2.77. The Morgan fingerprint density at radius 2 is 1.97 bits per heavy atom. The molecule has 0 saturated carbocycles. The molecule has 3 rings (SSSR count). The summed E-state index contributed by atoms with van der Waals surface area (Å²) < 4.78 is 0. The number of hydrogen-bond donors (Lipinski definition) is 1. The maximum Gasteiger partial charge on any atom is 0.272 e. The summed E-state index contributed by atoms with van der Waals surface area (Å²) in [5.41, 5.74) is 4.33. The highest BCUT2D eigenvalue weighted by Gasteiger charge is 2.23. The number of hydrogen-bond acceptors (Lipinski definition) is 5. The summed E-state index contributed by atoms with van der Waals surface area (Å²) in [6, 6.07) is 12.8. The minimum atomic E-state index is -0.289. The number of aromatic nitrogens is 2. The van der Waals surface area contributed by atoms with Crippen LogP contribution in [-0.2, 0) is 6.42 Å². The van der Waals surface area contributed by atoms with E-state index in [-0.39, 0.29) is 11.3 Å². The molecule has 0 spiro atoms. The van der Waals surface area contributed by atoms with Crippen molar-refractivity contribution in [1.82, 2.24) is 9.97 Å². The number of pyridine rings is 2. The molecule has 2 aromatic heterocycles. The molecule has 156 valence electrons. The Hall–Kier alpha value is -3.98. The first kappa shape index (κ1) is 21.7. The van der Waals surface area contributed by atoms with E-state index >= 15 is 0 Å². The molecular weight excluding hydrogens is 388 g/mol. The molecule has 0 saturated heterocycles. The van der Waals surface area contributed by atoms with Crippen molar-refractivity contribution in [2.45, 2.75) is 20.3 Å². The number of ketones is 1. The molecule has 0 bridgehead atoms. The molecular formula is C25H24N4O2. The molecule has 0 radical (unpaired) electrons. The number of nitriles is 1. The van der Waals surface area contributed by atoms with Gasteiger partial charge in [0.1, 0.15) is 5.69 Å². The number of carbonyl (C=O) groups excluding carboxylic acids is 1. The van der Waals surface area contributed by atoms with E-state index in [0.717, 1.165) is 11.1 Å². The SMILES string of the molecule is CCc1c(C)[nH]c(=O)c(N(C)C)c1C(=O)c1cccc(/C=C(/C#N)c2cccnc2)c1. The lowest BCUT2D eigenvalue weighted by atomic mass is 9.93. The van der Waals surface area contributed by atoms with Gasteiger partial charge in [0, 0.05) is 43.3 Å². The van der Waals surface area contributed by atoms with Gasteiger partial charge in [-0.2, -0.15) is 5.26 Å². The van der Waals surface area contributed by atoms with E-state index in [9.17, 15) is 14.9 Å². The quantitative estimate of drug-likeness (QED) is 0.488. The van der Waals surface area contributed by atoms with Crippen LogP contribution in [-0.4, -0.2) is 29.8 Å². The van der Waals surface area contributed by atoms with Crippen molar-refractivity contribution in [3.63, 3.8) is 0 Å². The topological polar surface area (TPSA) is 89.9 Å². The second-order valence-electron chi connectivity index (χ2n) is 7.40. The van der Waals surface area contributed by atoms with Gasteiger partial charge in [0.15, 0.2) is 5.78 Å². The first-order valence-corrected chi connectivity index (χ1v) is 9.97. The van der Waals surface area contributed by atoms with Gasteiger partial charge in [-0.05, 0) is 42.7 Å². The van der Waals surface area contributed by atoms with E-state index in [1.54, 1.807) is 61.7 Å². The first-order valence-electron chi connectivity index (χ1n) is 9.97. The molecule has 0 atom stereocenters. The Bertz CT molecular complexity index is 1250. The molecule has 2 heterocycles. The van der Waals surface area contributed by atoms with Crippen LogP contribution in [0.5, 0.6) is 0 Å². The number of H-pyrrole nitrogens is 1. The average molecular weight is 412 g/mol. The predicted octanol–water partition coefficient (Wildman–Crippen LogP) is 4.00. The summed E-state index contributed by atoms with van der Waals surface area (Å²) in [4.78, 5) is 34.8. The molecule has 1 N–H and O–H groups in total. The van der Waals surface area contributed by atoms with E-state index in [1.807, 2.05) is 26.0 Å². The van der Waals surface area contributed by atoms with Gasteiger partial charge in [-0.15, -0.1) is 0 Å². The molecule has 0 unspecified atom stereocenters. The van der Waals surface area contributed by atoms with Crippen LogP contribution < -0.4 is 10.5 Å². The van der Waals surface area contributed by atoms with Gasteiger partial charge < -0.3 is 9.88 Å². The van der Waals surface area contributed by atoms with Crippen LogP contribution >= 0.6 is 0 Å². The lowest BCUT2D eigenvalue weighted by Gasteiger charge is -2.20. The Balaban J connectivity index is 2.13. The zero-order chi connectivity index (χ0) is 22.5. The fourth-order valence-electron chi connectivity index (χ4n) is 3.65. The van der Waals surface area contributed by atoms with Gasteiger partial charge in [-0.3, -0.25) is 14.6 Å². The van der Waals surface area contributed by atoms with Crippen molar-refractivity contribution in [1.29, 1.82) is 5.26 Å². The predicted molar refractivity (Wildman–Crippen MR) is 123 cm³/mol. The number of benzene rings is 1. The summed E-state index contributed by atoms with van der Waals surface area (Å²) in [6.07, 6.45) is 5.61. The van der Waals surface area contributed by atoms with Gasteiger partial charge >= 0.3 is 0 Å². The smallest absolute Gasteiger partial charge is 0.272 e. The van der Waals surface area contributed by atoms with Crippen LogP contribution in [0, 0.1) is 18.3 Å². The fraction of sp³-hybridized carbons (Fsp3) is 0.200. The van der Waals surface area contributed by atoms with Crippen molar-refractivity contribution < 1.29 is 4.79 Å². The largest absolute Gasteiger partial charge is 0.373 e. The summed E-state index contributed by atoms with van der Waals surface area (Å²) >= 11 is 0. The van der Waals surface area contributed by atoms with Gasteiger partial charge in [0.2, 0.25) is 0 Å². The van der Waals surface area contributed by atoms with Crippen LogP contribution in [0.4, 0.5) is 5.69 Å². The van der Waals surface area contributed by atoms with E-state index in [0.29, 0.717) is 40.1 Å². The third-order valence-corrected chi connectivity index (χ3v) is 5.09. The molecule has 0 amide bonds. The van der Waals surface area contributed by atoms with Crippen LogP contribution in [0.1, 0.15) is 45.2 Å². The molecule has 3 aromatic rings.